The molecule has 7 aromatic rings. The summed E-state index contributed by atoms with van der Waals surface area (Å²) in [6.45, 7) is 6.05. The van der Waals surface area contributed by atoms with Gasteiger partial charge in [-0.2, -0.15) is 9.97 Å². The Morgan fingerprint density at radius 3 is 1.52 bits per heavy atom. The van der Waals surface area contributed by atoms with Crippen LogP contribution in [0.25, 0.3) is 33.1 Å². The number of aryl methyl sites for hydroxylation is 1. The Kier molecular flexibility index (Phi) is 12.1. The molecular weight excluding hydrogens is 949 g/mol. The summed E-state index contributed by atoms with van der Waals surface area (Å²) < 4.78 is 29.6. The number of rotatable bonds is 4. The molecule has 0 spiro atoms. The number of aromatic nitrogens is 10. The maximum atomic E-state index is 12.7. The van der Waals surface area contributed by atoms with Gasteiger partial charge in [-0.1, -0.05) is 38.5 Å². The standard InChI is InChI=1S/C23H28N8O.C14H16N4O3S.C14H16N4O/c1-29-8-10-30(11-9-29)16-6-7-20(24-14-16)27-23-25-13-15-12-19-22(32)26-17-4-2-3-5-18(17)31(19)21(15)28-23;1-22(20,21)14-15-7-8-6-11-13(19)16-9-4-2-3-5-10(9)18(11)12(8)17-14;1-8-15-7-9-6-12-14(19)17-10-4-2-3-5-11(10)18(12)13(9)16-8/h6-7,12-14,17-18H,2-5,8-11H2,1H3,(H,26,32)(H,24,25,27,28);6-7,9-10H,2-5H2,1H3,(H,16,19);6-7,10-11H,2-5H2,1H3,(H,17,19)/t17-,18?;9-,10-;10-,11-/m111/s1. The Hall–Kier alpha value is -7.07. The smallest absolute Gasteiger partial charge is 0.268 e. The van der Waals surface area contributed by atoms with Crippen LogP contribution in [-0.4, -0.2) is 137 Å². The van der Waals surface area contributed by atoms with Gasteiger partial charge in [0.15, 0.2) is 0 Å². The Balaban J connectivity index is 0.000000116. The summed E-state index contributed by atoms with van der Waals surface area (Å²) in [6, 6.07) is 10.9. The van der Waals surface area contributed by atoms with E-state index < -0.39 is 9.84 Å². The highest BCUT2D eigenvalue weighted by atomic mass is 32.2. The molecule has 7 aromatic heterocycles. The van der Waals surface area contributed by atoms with Gasteiger partial charge in [-0.05, 0) is 82.8 Å². The summed E-state index contributed by atoms with van der Waals surface area (Å²) in [7, 11) is -1.32. The molecule has 3 aliphatic carbocycles. The van der Waals surface area contributed by atoms with Crippen molar-refractivity contribution in [3.8, 4) is 0 Å². The van der Waals surface area contributed by atoms with E-state index in [1.54, 1.807) is 12.3 Å². The van der Waals surface area contributed by atoms with Crippen molar-refractivity contribution >= 4 is 78.1 Å². The van der Waals surface area contributed by atoms with Gasteiger partial charge >= 0.3 is 0 Å². The van der Waals surface area contributed by atoms with Crippen molar-refractivity contribution in [2.75, 3.05) is 49.7 Å². The third-order valence-electron chi connectivity index (χ3n) is 15.8. The monoisotopic (exact) mass is 1010 g/mol. The van der Waals surface area contributed by atoms with Crippen LogP contribution in [0.1, 0.15) is 132 Å². The quantitative estimate of drug-likeness (QED) is 0.157. The molecule has 0 radical (unpaired) electrons. The molecule has 1 saturated heterocycles. The van der Waals surface area contributed by atoms with E-state index in [-0.39, 0.29) is 53.1 Å². The number of hydrogen-bond acceptors (Lipinski definition) is 15. The Morgan fingerprint density at radius 1 is 0.562 bits per heavy atom. The highest BCUT2D eigenvalue weighted by Gasteiger charge is 2.39. The van der Waals surface area contributed by atoms with Crippen LogP contribution in [0.15, 0.2) is 60.3 Å². The largest absolute Gasteiger partial charge is 0.368 e. The lowest BCUT2D eigenvalue weighted by Crippen LogP contribution is -2.48. The van der Waals surface area contributed by atoms with Crippen molar-refractivity contribution in [1.82, 2.24) is 69.4 Å². The summed E-state index contributed by atoms with van der Waals surface area (Å²) >= 11 is 0. The number of pyridine rings is 1. The van der Waals surface area contributed by atoms with Crippen LogP contribution in [-0.2, 0) is 9.84 Å². The van der Waals surface area contributed by atoms with Crippen molar-refractivity contribution < 1.29 is 22.8 Å². The number of likely N-dealkylation sites (N-methyl/N-ethyl adjacent to an activating group) is 1. The first-order valence-electron chi connectivity index (χ1n) is 25.7. The molecule has 4 aliphatic heterocycles. The second-order valence-electron chi connectivity index (χ2n) is 20.7. The van der Waals surface area contributed by atoms with E-state index in [0.717, 1.165) is 129 Å². The molecule has 14 rings (SSSR count). The van der Waals surface area contributed by atoms with Crippen LogP contribution in [0, 0.1) is 6.92 Å². The average molecular weight is 1010 g/mol. The fourth-order valence-electron chi connectivity index (χ4n) is 12.2. The molecule has 4 fully saturated rings. The fourth-order valence-corrected chi connectivity index (χ4v) is 12.7. The second kappa shape index (κ2) is 18.8. The number of hydrogen-bond donors (Lipinski definition) is 4. The van der Waals surface area contributed by atoms with Gasteiger partial charge in [-0.15, -0.1) is 0 Å². The molecule has 0 bridgehead atoms. The van der Waals surface area contributed by atoms with Gasteiger partial charge in [0.25, 0.3) is 17.7 Å². The Morgan fingerprint density at radius 2 is 1.03 bits per heavy atom. The normalized spacial score (nSPS) is 24.5. The average Bonchev–Trinajstić information content (AvgIpc) is 4.10. The summed E-state index contributed by atoms with van der Waals surface area (Å²) in [6.07, 6.45) is 21.2. The number of fused-ring (bicyclic) bond motifs is 15. The molecule has 380 valence electrons. The summed E-state index contributed by atoms with van der Waals surface area (Å²) in [5, 5.41) is 15.0. The van der Waals surface area contributed by atoms with Crippen LogP contribution in [0.3, 0.4) is 0 Å². The van der Waals surface area contributed by atoms with Gasteiger partial charge in [0.1, 0.15) is 45.7 Å². The van der Waals surface area contributed by atoms with E-state index in [1.165, 1.54) is 25.5 Å². The van der Waals surface area contributed by atoms with Crippen molar-refractivity contribution in [3.05, 3.63) is 78.0 Å². The minimum Gasteiger partial charge on any atom is -0.368 e. The topological polar surface area (TPSA) is 245 Å². The summed E-state index contributed by atoms with van der Waals surface area (Å²) in [5.74, 6) is 1.85. The van der Waals surface area contributed by atoms with Gasteiger partial charge in [0, 0.05) is 85.3 Å². The fraction of sp³-hybridized carbons (Fsp3) is 0.490. The van der Waals surface area contributed by atoms with E-state index in [2.05, 4.69) is 83.2 Å². The van der Waals surface area contributed by atoms with E-state index in [0.29, 0.717) is 40.2 Å². The molecule has 73 heavy (non-hydrogen) atoms. The molecule has 4 N–H and O–H groups in total. The maximum absolute atomic E-state index is 12.7. The maximum Gasteiger partial charge on any atom is 0.268 e. The molecule has 1 unspecified atom stereocenters. The van der Waals surface area contributed by atoms with E-state index in [4.69, 9.17) is 4.98 Å². The first-order chi connectivity index (χ1) is 35.3. The highest BCUT2D eigenvalue weighted by Crippen LogP contribution is 2.39. The SMILES string of the molecule is CN1CCN(c2ccc(Nc3ncc4cc5n(c4n3)C3CCCC[C@H]3NC5=O)nc2)CC1.CS(=O)(=O)c1ncc2cc3n(c2n1)[C@@H]1CCCC[C@H]1NC3=O.Cc1ncc2cc3n(c2n1)[C@@H]1CCCC[C@H]1NC3=O. The number of carbonyl (C=O) groups excluding carboxylic acids is 3. The molecule has 11 heterocycles. The molecule has 6 atom stereocenters. The summed E-state index contributed by atoms with van der Waals surface area (Å²) in [5.41, 5.74) is 5.36. The van der Waals surface area contributed by atoms with Gasteiger partial charge in [-0.25, -0.2) is 33.3 Å². The van der Waals surface area contributed by atoms with Crippen LogP contribution < -0.4 is 26.2 Å². The zero-order valence-corrected chi connectivity index (χ0v) is 42.1. The van der Waals surface area contributed by atoms with E-state index >= 15 is 0 Å². The van der Waals surface area contributed by atoms with Gasteiger partial charge in [-0.3, -0.25) is 14.4 Å². The predicted molar refractivity (Wildman–Crippen MR) is 274 cm³/mol. The molecule has 3 amide bonds. The lowest BCUT2D eigenvalue weighted by molar-refractivity contribution is 0.0847. The van der Waals surface area contributed by atoms with Crippen molar-refractivity contribution in [1.29, 1.82) is 0 Å². The first-order valence-corrected chi connectivity index (χ1v) is 27.6. The van der Waals surface area contributed by atoms with Crippen LogP contribution in [0.5, 0.6) is 0 Å². The van der Waals surface area contributed by atoms with E-state index in [1.807, 2.05) is 42.1 Å². The number of sulfone groups is 1. The molecule has 22 heteroatoms. The third kappa shape index (κ3) is 8.80. The molecular formula is C51H60N16O5S. The zero-order valence-electron chi connectivity index (χ0n) is 41.3. The van der Waals surface area contributed by atoms with E-state index in [9.17, 15) is 22.8 Å². The number of anilines is 3. The third-order valence-corrected chi connectivity index (χ3v) is 16.7. The lowest BCUT2D eigenvalue weighted by Gasteiger charge is -2.38. The van der Waals surface area contributed by atoms with Gasteiger partial charge < -0.3 is 44.8 Å². The number of nitrogens with one attached hydrogen (secondary N) is 4. The zero-order chi connectivity index (χ0) is 50.1. The highest BCUT2D eigenvalue weighted by molar-refractivity contribution is 7.90. The Bertz CT molecular complexity index is 3420. The molecule has 0 aromatic carbocycles. The second-order valence-corrected chi connectivity index (χ2v) is 22.6. The minimum absolute atomic E-state index is 0.0122. The predicted octanol–water partition coefficient (Wildman–Crippen LogP) is 5.58. The van der Waals surface area contributed by atoms with Crippen molar-refractivity contribution in [3.63, 3.8) is 0 Å². The molecule has 7 aliphatic rings. The summed E-state index contributed by atoms with van der Waals surface area (Å²) in [4.78, 5) is 72.6. The van der Waals surface area contributed by atoms with Gasteiger partial charge in [0.05, 0.1) is 30.0 Å². The number of piperazine rings is 1. The number of nitrogens with zero attached hydrogens (tertiary/aromatic N) is 12. The number of amides is 3. The Labute approximate surface area is 421 Å². The van der Waals surface area contributed by atoms with Crippen LogP contribution in [0.4, 0.5) is 17.5 Å². The van der Waals surface area contributed by atoms with Crippen LogP contribution in [0.2, 0.25) is 0 Å². The van der Waals surface area contributed by atoms with Crippen molar-refractivity contribution in [2.24, 2.45) is 0 Å². The minimum atomic E-state index is -3.48. The number of carbonyl (C=O) groups is 3. The lowest BCUT2D eigenvalue weighted by atomic mass is 9.88. The van der Waals surface area contributed by atoms with Crippen molar-refractivity contribution in [2.45, 2.75) is 125 Å². The van der Waals surface area contributed by atoms with Gasteiger partial charge in [0.2, 0.25) is 20.9 Å². The molecule has 3 saturated carbocycles. The first kappa shape index (κ1) is 47.0. The van der Waals surface area contributed by atoms with Crippen LogP contribution >= 0.6 is 0 Å². The molecule has 21 nitrogen and oxygen atoms in total.